The predicted octanol–water partition coefficient (Wildman–Crippen LogP) is 1.21. The number of hydrogen-bond donors (Lipinski definition) is 0. The lowest BCUT2D eigenvalue weighted by molar-refractivity contribution is 0.0846. The molecule has 0 radical (unpaired) electrons. The van der Waals surface area contributed by atoms with Crippen molar-refractivity contribution in [1.29, 1.82) is 0 Å². The van der Waals surface area contributed by atoms with Gasteiger partial charge < -0.3 is 4.74 Å². The number of hydrogen-bond acceptors (Lipinski definition) is 4. The largest absolute Gasteiger partial charge is 0.376 e. The molecule has 0 bridgehead atoms. The lowest BCUT2D eigenvalue weighted by atomic mass is 10.2. The average molecular weight is 231 g/mol. The maximum atomic E-state index is 12.7. The molecule has 1 aliphatic heterocycles. The van der Waals surface area contributed by atoms with E-state index in [-0.39, 0.29) is 18.3 Å². The SMILES string of the molecule is O=Cc1nnn(CC2CCCO2)c1C(F)F. The van der Waals surface area contributed by atoms with E-state index in [0.717, 1.165) is 17.5 Å². The van der Waals surface area contributed by atoms with Gasteiger partial charge >= 0.3 is 0 Å². The van der Waals surface area contributed by atoms with E-state index in [1.807, 2.05) is 0 Å². The molecule has 1 unspecified atom stereocenters. The number of nitrogens with zero attached hydrogens (tertiary/aromatic N) is 3. The van der Waals surface area contributed by atoms with Gasteiger partial charge in [0, 0.05) is 6.61 Å². The Bertz CT molecular complexity index is 375. The summed E-state index contributed by atoms with van der Waals surface area (Å²) < 4.78 is 31.7. The Kier molecular flexibility index (Phi) is 3.23. The van der Waals surface area contributed by atoms with Crippen LogP contribution in [0.1, 0.15) is 35.4 Å². The predicted molar refractivity (Wildman–Crippen MR) is 49.3 cm³/mol. The highest BCUT2D eigenvalue weighted by atomic mass is 19.3. The summed E-state index contributed by atoms with van der Waals surface area (Å²) in [5, 5.41) is 6.95. The molecule has 0 N–H and O–H groups in total. The first-order valence-electron chi connectivity index (χ1n) is 5.00. The van der Waals surface area contributed by atoms with Crippen molar-refractivity contribution < 1.29 is 18.3 Å². The fraction of sp³-hybridized carbons (Fsp3) is 0.667. The van der Waals surface area contributed by atoms with E-state index in [1.54, 1.807) is 0 Å². The van der Waals surface area contributed by atoms with Crippen molar-refractivity contribution in [3.8, 4) is 0 Å². The minimum atomic E-state index is -2.75. The summed E-state index contributed by atoms with van der Waals surface area (Å²) in [5.41, 5.74) is -0.724. The molecule has 88 valence electrons. The fourth-order valence-corrected chi connectivity index (χ4v) is 1.76. The molecule has 5 nitrogen and oxygen atoms in total. The van der Waals surface area contributed by atoms with E-state index in [4.69, 9.17) is 4.74 Å². The molecule has 0 aromatic carbocycles. The van der Waals surface area contributed by atoms with Crippen LogP contribution in [-0.2, 0) is 11.3 Å². The highest BCUT2D eigenvalue weighted by Crippen LogP contribution is 2.22. The number of carbonyl (C=O) groups is 1. The zero-order valence-corrected chi connectivity index (χ0v) is 8.47. The minimum Gasteiger partial charge on any atom is -0.376 e. The van der Waals surface area contributed by atoms with E-state index in [0.29, 0.717) is 12.9 Å². The molecule has 1 aliphatic rings. The lowest BCUT2D eigenvalue weighted by Crippen LogP contribution is -2.18. The van der Waals surface area contributed by atoms with Gasteiger partial charge in [0.2, 0.25) is 0 Å². The molecule has 0 saturated carbocycles. The second-order valence-corrected chi connectivity index (χ2v) is 3.60. The molecule has 1 aromatic rings. The molecule has 2 heterocycles. The van der Waals surface area contributed by atoms with Gasteiger partial charge in [-0.2, -0.15) is 0 Å². The third-order valence-corrected chi connectivity index (χ3v) is 2.52. The number of rotatable bonds is 4. The smallest absolute Gasteiger partial charge is 0.282 e. The first-order chi connectivity index (χ1) is 7.72. The number of carbonyl (C=O) groups excluding carboxylic acids is 1. The van der Waals surface area contributed by atoms with Gasteiger partial charge in [0.1, 0.15) is 5.69 Å². The Hall–Kier alpha value is -1.37. The van der Waals surface area contributed by atoms with Crippen LogP contribution >= 0.6 is 0 Å². The van der Waals surface area contributed by atoms with Crippen LogP contribution < -0.4 is 0 Å². The molecule has 16 heavy (non-hydrogen) atoms. The van der Waals surface area contributed by atoms with Gasteiger partial charge in [0.05, 0.1) is 12.6 Å². The quantitative estimate of drug-likeness (QED) is 0.731. The Morgan fingerprint density at radius 1 is 1.62 bits per heavy atom. The number of aldehydes is 1. The molecule has 0 spiro atoms. The molecule has 1 atom stereocenters. The number of alkyl halides is 2. The highest BCUT2D eigenvalue weighted by Gasteiger charge is 2.24. The van der Waals surface area contributed by atoms with Crippen molar-refractivity contribution >= 4 is 6.29 Å². The monoisotopic (exact) mass is 231 g/mol. The third-order valence-electron chi connectivity index (χ3n) is 2.52. The summed E-state index contributed by atoms with van der Waals surface area (Å²) in [6.45, 7) is 0.866. The highest BCUT2D eigenvalue weighted by molar-refractivity contribution is 5.73. The molecule has 2 rings (SSSR count). The van der Waals surface area contributed by atoms with E-state index in [9.17, 15) is 13.6 Å². The molecule has 1 saturated heterocycles. The molecule has 0 amide bonds. The molecular weight excluding hydrogens is 220 g/mol. The summed E-state index contributed by atoms with van der Waals surface area (Å²) in [6.07, 6.45) is -0.834. The van der Waals surface area contributed by atoms with Gasteiger partial charge in [-0.1, -0.05) is 5.21 Å². The topological polar surface area (TPSA) is 57.0 Å². The normalized spacial score (nSPS) is 20.6. The standard InChI is InChI=1S/C9H11F2N3O2/c10-9(11)8-7(5-15)12-13-14(8)4-6-2-1-3-16-6/h5-6,9H,1-4H2. The van der Waals surface area contributed by atoms with E-state index in [2.05, 4.69) is 10.3 Å². The minimum absolute atomic E-state index is 0.112. The second-order valence-electron chi connectivity index (χ2n) is 3.60. The summed E-state index contributed by atoms with van der Waals surface area (Å²) in [6, 6.07) is 0. The molecule has 7 heteroatoms. The van der Waals surface area contributed by atoms with Crippen LogP contribution in [0.15, 0.2) is 0 Å². The number of aromatic nitrogens is 3. The van der Waals surface area contributed by atoms with E-state index in [1.165, 1.54) is 0 Å². The summed E-state index contributed by atoms with van der Waals surface area (Å²) >= 11 is 0. The fourth-order valence-electron chi connectivity index (χ4n) is 1.76. The van der Waals surface area contributed by atoms with Crippen molar-refractivity contribution in [2.24, 2.45) is 0 Å². The number of halogens is 2. The summed E-state index contributed by atoms with van der Waals surface area (Å²) in [4.78, 5) is 10.5. The third kappa shape index (κ3) is 2.08. The molecule has 1 aromatic heterocycles. The zero-order chi connectivity index (χ0) is 11.5. The van der Waals surface area contributed by atoms with Crippen molar-refractivity contribution in [3.05, 3.63) is 11.4 Å². The van der Waals surface area contributed by atoms with Gasteiger partial charge in [-0.05, 0) is 12.8 Å². The Balaban J connectivity index is 2.19. The van der Waals surface area contributed by atoms with Crippen LogP contribution in [0.4, 0.5) is 8.78 Å². The van der Waals surface area contributed by atoms with Gasteiger partial charge in [0.25, 0.3) is 6.43 Å². The molecule has 0 aliphatic carbocycles. The van der Waals surface area contributed by atoms with Crippen molar-refractivity contribution in [2.45, 2.75) is 31.9 Å². The van der Waals surface area contributed by atoms with Gasteiger partial charge in [0.15, 0.2) is 12.0 Å². The maximum Gasteiger partial charge on any atom is 0.282 e. The van der Waals surface area contributed by atoms with Gasteiger partial charge in [-0.15, -0.1) is 5.10 Å². The average Bonchev–Trinajstić information content (AvgIpc) is 2.87. The van der Waals surface area contributed by atoms with Crippen LogP contribution in [0.5, 0.6) is 0 Å². The Morgan fingerprint density at radius 2 is 2.44 bits per heavy atom. The van der Waals surface area contributed by atoms with Crippen LogP contribution in [0, 0.1) is 0 Å². The van der Waals surface area contributed by atoms with Crippen LogP contribution in [0.2, 0.25) is 0 Å². The molecular formula is C9H11F2N3O2. The van der Waals surface area contributed by atoms with Gasteiger partial charge in [-0.25, -0.2) is 13.5 Å². The summed E-state index contributed by atoms with van der Waals surface area (Å²) in [7, 11) is 0. The Morgan fingerprint density at radius 3 is 3.00 bits per heavy atom. The van der Waals surface area contributed by atoms with Gasteiger partial charge in [-0.3, -0.25) is 4.79 Å². The molecule has 1 fully saturated rings. The van der Waals surface area contributed by atoms with Crippen LogP contribution in [0.3, 0.4) is 0 Å². The number of ether oxygens (including phenoxy) is 1. The first-order valence-corrected chi connectivity index (χ1v) is 5.00. The van der Waals surface area contributed by atoms with Crippen molar-refractivity contribution in [1.82, 2.24) is 15.0 Å². The van der Waals surface area contributed by atoms with Crippen LogP contribution in [0.25, 0.3) is 0 Å². The maximum absolute atomic E-state index is 12.7. The van der Waals surface area contributed by atoms with Crippen molar-refractivity contribution in [3.63, 3.8) is 0 Å². The van der Waals surface area contributed by atoms with E-state index < -0.39 is 12.1 Å². The second kappa shape index (κ2) is 4.65. The van der Waals surface area contributed by atoms with E-state index >= 15 is 0 Å². The van der Waals surface area contributed by atoms with Crippen molar-refractivity contribution in [2.75, 3.05) is 6.61 Å². The lowest BCUT2D eigenvalue weighted by Gasteiger charge is -2.10. The summed E-state index contributed by atoms with van der Waals surface area (Å²) in [5.74, 6) is 0. The first kappa shape index (κ1) is 11.1. The zero-order valence-electron chi connectivity index (χ0n) is 8.47. The van der Waals surface area contributed by atoms with Crippen LogP contribution in [-0.4, -0.2) is 34.0 Å². The Labute approximate surface area is 90.4 Å².